The van der Waals surface area contributed by atoms with Gasteiger partial charge in [0.1, 0.15) is 0 Å². The van der Waals surface area contributed by atoms with E-state index >= 15 is 0 Å². The first kappa shape index (κ1) is 16.6. The molecular weight excluding hydrogens is 320 g/mol. The van der Waals surface area contributed by atoms with Crippen molar-refractivity contribution < 1.29 is 9.59 Å². The van der Waals surface area contributed by atoms with Crippen LogP contribution >= 0.6 is 11.8 Å². The van der Waals surface area contributed by atoms with Crippen LogP contribution in [0.2, 0.25) is 0 Å². The lowest BCUT2D eigenvalue weighted by Crippen LogP contribution is -2.35. The van der Waals surface area contributed by atoms with Gasteiger partial charge in [-0.25, -0.2) is 0 Å². The maximum Gasteiger partial charge on any atom is 0.251 e. The van der Waals surface area contributed by atoms with Gasteiger partial charge in [0, 0.05) is 16.5 Å². The predicted molar refractivity (Wildman–Crippen MR) is 97.4 cm³/mol. The van der Waals surface area contributed by atoms with Gasteiger partial charge in [-0.2, -0.15) is 0 Å². The Morgan fingerprint density at radius 1 is 1.21 bits per heavy atom. The van der Waals surface area contributed by atoms with E-state index in [1.807, 2.05) is 56.3 Å². The number of fused-ring (bicyclic) bond motifs is 1. The Kier molecular flexibility index (Phi) is 4.90. The summed E-state index contributed by atoms with van der Waals surface area (Å²) in [5, 5.41) is 2.89. The van der Waals surface area contributed by atoms with Crippen molar-refractivity contribution in [1.29, 1.82) is 0 Å². The van der Waals surface area contributed by atoms with E-state index in [9.17, 15) is 9.59 Å². The van der Waals surface area contributed by atoms with Gasteiger partial charge in [-0.3, -0.25) is 9.59 Å². The molecule has 5 heteroatoms. The van der Waals surface area contributed by atoms with Crippen molar-refractivity contribution in [1.82, 2.24) is 5.32 Å². The maximum absolute atomic E-state index is 12.4. The quantitative estimate of drug-likeness (QED) is 0.927. The molecule has 2 amide bonds. The first-order valence-corrected chi connectivity index (χ1v) is 8.95. The SMILES string of the molecule is CC(C)NC(=O)c1cccc(CN2C(=O)CSc3ccccc32)c1. The van der Waals surface area contributed by atoms with Gasteiger partial charge in [-0.1, -0.05) is 24.3 Å². The van der Waals surface area contributed by atoms with Crippen LogP contribution in [-0.4, -0.2) is 23.6 Å². The molecule has 0 aliphatic carbocycles. The van der Waals surface area contributed by atoms with Crippen molar-refractivity contribution in [3.8, 4) is 0 Å². The molecule has 0 radical (unpaired) electrons. The van der Waals surface area contributed by atoms with Crippen molar-refractivity contribution in [3.63, 3.8) is 0 Å². The zero-order valence-electron chi connectivity index (χ0n) is 13.8. The minimum Gasteiger partial charge on any atom is -0.350 e. The normalized spacial score (nSPS) is 13.8. The number of rotatable bonds is 4. The molecule has 2 aromatic carbocycles. The first-order valence-electron chi connectivity index (χ1n) is 7.96. The number of amides is 2. The lowest BCUT2D eigenvalue weighted by molar-refractivity contribution is -0.116. The Hall–Kier alpha value is -2.27. The Labute approximate surface area is 146 Å². The van der Waals surface area contributed by atoms with Crippen LogP contribution in [0.5, 0.6) is 0 Å². The second-order valence-electron chi connectivity index (χ2n) is 6.06. The lowest BCUT2D eigenvalue weighted by atomic mass is 10.1. The molecule has 3 rings (SSSR count). The Morgan fingerprint density at radius 2 is 2.00 bits per heavy atom. The summed E-state index contributed by atoms with van der Waals surface area (Å²) in [5.41, 5.74) is 2.51. The number of benzene rings is 2. The number of hydrogen-bond donors (Lipinski definition) is 1. The van der Waals surface area contributed by atoms with E-state index in [1.54, 1.807) is 22.7 Å². The average Bonchev–Trinajstić information content (AvgIpc) is 2.57. The van der Waals surface area contributed by atoms with Gasteiger partial charge in [-0.05, 0) is 43.7 Å². The minimum atomic E-state index is -0.0900. The summed E-state index contributed by atoms with van der Waals surface area (Å²) in [7, 11) is 0. The molecule has 0 aromatic heterocycles. The highest BCUT2D eigenvalue weighted by molar-refractivity contribution is 8.00. The molecule has 1 heterocycles. The molecule has 0 spiro atoms. The molecule has 1 aliphatic heterocycles. The number of thioether (sulfide) groups is 1. The van der Waals surface area contributed by atoms with Crippen molar-refractivity contribution in [2.24, 2.45) is 0 Å². The molecule has 0 unspecified atom stereocenters. The summed E-state index contributed by atoms with van der Waals surface area (Å²) >= 11 is 1.57. The fourth-order valence-corrected chi connectivity index (χ4v) is 3.60. The van der Waals surface area contributed by atoms with Crippen LogP contribution in [0, 0.1) is 0 Å². The Bertz CT molecular complexity index is 773. The summed E-state index contributed by atoms with van der Waals surface area (Å²) in [5.74, 6) is 0.452. The molecule has 0 bridgehead atoms. The molecule has 1 aliphatic rings. The number of hydrogen-bond acceptors (Lipinski definition) is 3. The number of nitrogens with zero attached hydrogens (tertiary/aromatic N) is 1. The Morgan fingerprint density at radius 3 is 2.79 bits per heavy atom. The lowest BCUT2D eigenvalue weighted by Gasteiger charge is -2.29. The van der Waals surface area contributed by atoms with E-state index in [0.717, 1.165) is 16.1 Å². The van der Waals surface area contributed by atoms with Gasteiger partial charge in [0.2, 0.25) is 5.91 Å². The van der Waals surface area contributed by atoms with Crippen LogP contribution in [0.25, 0.3) is 0 Å². The fraction of sp³-hybridized carbons (Fsp3) is 0.263. The van der Waals surface area contributed by atoms with E-state index < -0.39 is 0 Å². The van der Waals surface area contributed by atoms with Crippen LogP contribution in [0.3, 0.4) is 0 Å². The molecule has 0 saturated heterocycles. The largest absolute Gasteiger partial charge is 0.350 e. The van der Waals surface area contributed by atoms with Gasteiger partial charge in [0.25, 0.3) is 5.91 Å². The monoisotopic (exact) mass is 340 g/mol. The van der Waals surface area contributed by atoms with Gasteiger partial charge < -0.3 is 10.2 Å². The first-order chi connectivity index (χ1) is 11.5. The number of anilines is 1. The van der Waals surface area contributed by atoms with Crippen LogP contribution in [0.4, 0.5) is 5.69 Å². The summed E-state index contributed by atoms with van der Waals surface area (Å²) < 4.78 is 0. The van der Waals surface area contributed by atoms with Crippen molar-refractivity contribution >= 4 is 29.3 Å². The van der Waals surface area contributed by atoms with Gasteiger partial charge >= 0.3 is 0 Å². The van der Waals surface area contributed by atoms with Crippen LogP contribution in [0.15, 0.2) is 53.4 Å². The van der Waals surface area contributed by atoms with Crippen molar-refractivity contribution in [2.75, 3.05) is 10.7 Å². The number of carbonyl (C=O) groups excluding carboxylic acids is 2. The zero-order valence-corrected chi connectivity index (χ0v) is 14.6. The third-order valence-electron chi connectivity index (χ3n) is 3.76. The molecule has 0 atom stereocenters. The highest BCUT2D eigenvalue weighted by atomic mass is 32.2. The summed E-state index contributed by atoms with van der Waals surface area (Å²) in [4.78, 5) is 27.4. The summed E-state index contributed by atoms with van der Waals surface area (Å²) in [6.07, 6.45) is 0. The van der Waals surface area contributed by atoms with Gasteiger partial charge in [-0.15, -0.1) is 11.8 Å². The van der Waals surface area contributed by atoms with Crippen LogP contribution in [-0.2, 0) is 11.3 Å². The molecule has 0 saturated carbocycles. The van der Waals surface area contributed by atoms with Gasteiger partial charge in [0.05, 0.1) is 18.0 Å². The predicted octanol–water partition coefficient (Wildman–Crippen LogP) is 3.46. The topological polar surface area (TPSA) is 49.4 Å². The molecule has 124 valence electrons. The smallest absolute Gasteiger partial charge is 0.251 e. The number of carbonyl (C=O) groups is 2. The molecular formula is C19H20N2O2S. The summed E-state index contributed by atoms with van der Waals surface area (Å²) in [6.45, 7) is 4.34. The Balaban J connectivity index is 1.84. The number of nitrogens with one attached hydrogen (secondary N) is 1. The van der Waals surface area contributed by atoms with Crippen LogP contribution < -0.4 is 10.2 Å². The van der Waals surface area contributed by atoms with Crippen molar-refractivity contribution in [3.05, 3.63) is 59.7 Å². The van der Waals surface area contributed by atoms with Crippen molar-refractivity contribution in [2.45, 2.75) is 31.3 Å². The third-order valence-corrected chi connectivity index (χ3v) is 4.81. The zero-order chi connectivity index (χ0) is 17.1. The third kappa shape index (κ3) is 3.62. The van der Waals surface area contributed by atoms with E-state index in [0.29, 0.717) is 17.9 Å². The van der Waals surface area contributed by atoms with E-state index in [-0.39, 0.29) is 17.9 Å². The van der Waals surface area contributed by atoms with E-state index in [1.165, 1.54) is 0 Å². The molecule has 1 N–H and O–H groups in total. The molecule has 4 nitrogen and oxygen atoms in total. The average molecular weight is 340 g/mol. The van der Waals surface area contributed by atoms with E-state index in [2.05, 4.69) is 5.32 Å². The minimum absolute atomic E-state index is 0.0900. The highest BCUT2D eigenvalue weighted by Gasteiger charge is 2.24. The molecule has 0 fully saturated rings. The molecule has 24 heavy (non-hydrogen) atoms. The second kappa shape index (κ2) is 7.09. The van der Waals surface area contributed by atoms with E-state index in [4.69, 9.17) is 0 Å². The second-order valence-corrected chi connectivity index (χ2v) is 7.08. The molecule has 2 aromatic rings. The number of para-hydroxylation sites is 1. The highest BCUT2D eigenvalue weighted by Crippen LogP contribution is 2.35. The summed E-state index contributed by atoms with van der Waals surface area (Å²) in [6, 6.07) is 15.5. The maximum atomic E-state index is 12.4. The van der Waals surface area contributed by atoms with Crippen LogP contribution in [0.1, 0.15) is 29.8 Å². The standard InChI is InChI=1S/C19H20N2O2S/c1-13(2)20-19(23)15-7-5-6-14(10-15)11-21-16-8-3-4-9-17(16)24-12-18(21)22/h3-10,13H,11-12H2,1-2H3,(H,20,23). The van der Waals surface area contributed by atoms with Gasteiger partial charge in [0.15, 0.2) is 0 Å². The fourth-order valence-electron chi connectivity index (χ4n) is 2.67.